The number of anilines is 2. The van der Waals surface area contributed by atoms with Crippen molar-refractivity contribution in [2.24, 2.45) is 0 Å². The van der Waals surface area contributed by atoms with Crippen LogP contribution in [0.15, 0.2) is 36.4 Å². The summed E-state index contributed by atoms with van der Waals surface area (Å²) >= 11 is 0. The number of pyridine rings is 1. The number of amides is 1. The van der Waals surface area contributed by atoms with Gasteiger partial charge in [0.1, 0.15) is 12.6 Å². The number of fused-ring (bicyclic) bond motifs is 1. The molecule has 0 unspecified atom stereocenters. The Kier molecular flexibility index (Phi) is 9.43. The van der Waals surface area contributed by atoms with Gasteiger partial charge in [0.25, 0.3) is 5.91 Å². The normalized spacial score (nSPS) is 16.4. The fourth-order valence-corrected chi connectivity index (χ4v) is 4.60. The Bertz CT molecular complexity index is 1240. The predicted octanol–water partition coefficient (Wildman–Crippen LogP) is 3.50. The molecule has 1 saturated heterocycles. The van der Waals surface area contributed by atoms with E-state index in [1.54, 1.807) is 13.1 Å². The highest BCUT2D eigenvalue weighted by atomic mass is 16.7. The minimum Gasteiger partial charge on any atom is -0.377 e. The maximum Gasteiger partial charge on any atom is 0.251 e. The minimum absolute atomic E-state index is 0.0280. The number of morpholine rings is 1. The molecule has 0 bridgehead atoms. The van der Waals surface area contributed by atoms with E-state index in [0.717, 1.165) is 29.0 Å². The second-order valence-electron chi connectivity index (χ2n) is 9.31. The van der Waals surface area contributed by atoms with Crippen molar-refractivity contribution in [1.29, 1.82) is 0 Å². The number of nitrogens with zero attached hydrogens (tertiary/aromatic N) is 5. The molecule has 1 aliphatic rings. The van der Waals surface area contributed by atoms with Crippen LogP contribution in [0.2, 0.25) is 0 Å². The first kappa shape index (κ1) is 27.7. The van der Waals surface area contributed by atoms with Gasteiger partial charge in [0.05, 0.1) is 43.0 Å². The molecule has 2 aromatic heterocycles. The van der Waals surface area contributed by atoms with E-state index in [2.05, 4.69) is 35.9 Å². The number of rotatable bonds is 11. The molecule has 2 atom stereocenters. The van der Waals surface area contributed by atoms with Gasteiger partial charge in [-0.25, -0.2) is 4.98 Å². The molecular weight excluding hydrogens is 484 g/mol. The summed E-state index contributed by atoms with van der Waals surface area (Å²) in [5.41, 5.74) is 2.77. The zero-order valence-corrected chi connectivity index (χ0v) is 22.9. The third-order valence-corrected chi connectivity index (χ3v) is 6.67. The van der Waals surface area contributed by atoms with Crippen LogP contribution in [-0.4, -0.2) is 86.3 Å². The summed E-state index contributed by atoms with van der Waals surface area (Å²) in [5, 5.41) is 3.56. The largest absolute Gasteiger partial charge is 0.377 e. The molecular formula is C28H38N6O4. The van der Waals surface area contributed by atoms with Crippen LogP contribution < -0.4 is 15.1 Å². The van der Waals surface area contributed by atoms with Gasteiger partial charge in [0.15, 0.2) is 5.65 Å². The molecule has 1 aliphatic heterocycles. The highest BCUT2D eigenvalue weighted by Crippen LogP contribution is 2.31. The lowest BCUT2D eigenvalue weighted by Crippen LogP contribution is -2.45. The number of benzene rings is 1. The fraction of sp³-hybridized carbons (Fsp3) is 0.500. The van der Waals surface area contributed by atoms with Crippen LogP contribution in [0.25, 0.3) is 22.3 Å². The maximum absolute atomic E-state index is 12.2. The van der Waals surface area contributed by atoms with Gasteiger partial charge < -0.3 is 29.3 Å². The summed E-state index contributed by atoms with van der Waals surface area (Å²) in [6, 6.07) is 11.6. The van der Waals surface area contributed by atoms with Gasteiger partial charge in [-0.3, -0.25) is 4.79 Å². The van der Waals surface area contributed by atoms with Crippen LogP contribution in [0.5, 0.6) is 0 Å². The Morgan fingerprint density at radius 2 is 2.05 bits per heavy atom. The number of hydrogen-bond acceptors (Lipinski definition) is 9. The quantitative estimate of drug-likeness (QED) is 0.299. The van der Waals surface area contributed by atoms with Gasteiger partial charge in [-0.05, 0) is 52.0 Å². The van der Waals surface area contributed by atoms with Crippen LogP contribution in [0.3, 0.4) is 0 Å². The molecule has 0 aliphatic carbocycles. The standard InChI is InChI=1S/C28H38N6O4/c1-6-33(19(3)17-38-18-36-7-2)28-31-25-23(26(32-28)34-13-14-37-16-20(34)4)11-12-24(30-25)21-9-8-10-22(15-21)27(35)29-5/h8-12,15,19-20H,6-7,13-14,16-18H2,1-5H3,(H,29,35)/t19-,20-/m0/s1. The van der Waals surface area contributed by atoms with E-state index in [0.29, 0.717) is 50.1 Å². The fourth-order valence-electron chi connectivity index (χ4n) is 4.60. The molecule has 3 heterocycles. The third-order valence-electron chi connectivity index (χ3n) is 6.67. The van der Waals surface area contributed by atoms with Crippen LogP contribution >= 0.6 is 0 Å². The summed E-state index contributed by atoms with van der Waals surface area (Å²) in [6.45, 7) is 12.3. The monoisotopic (exact) mass is 522 g/mol. The smallest absolute Gasteiger partial charge is 0.251 e. The molecule has 3 aromatic rings. The van der Waals surface area contributed by atoms with E-state index >= 15 is 0 Å². The molecule has 10 heteroatoms. The van der Waals surface area contributed by atoms with Crippen molar-refractivity contribution in [3.8, 4) is 11.3 Å². The second-order valence-corrected chi connectivity index (χ2v) is 9.31. The van der Waals surface area contributed by atoms with Gasteiger partial charge in [0.2, 0.25) is 5.95 Å². The number of carbonyl (C=O) groups excluding carboxylic acids is 1. The molecule has 4 rings (SSSR count). The van der Waals surface area contributed by atoms with Gasteiger partial charge in [-0.2, -0.15) is 9.97 Å². The molecule has 38 heavy (non-hydrogen) atoms. The van der Waals surface area contributed by atoms with Crippen molar-refractivity contribution in [1.82, 2.24) is 20.3 Å². The van der Waals surface area contributed by atoms with Gasteiger partial charge in [-0.1, -0.05) is 12.1 Å². The summed E-state index contributed by atoms with van der Waals surface area (Å²) in [4.78, 5) is 31.6. The predicted molar refractivity (Wildman–Crippen MR) is 149 cm³/mol. The molecule has 10 nitrogen and oxygen atoms in total. The number of ether oxygens (including phenoxy) is 3. The van der Waals surface area contributed by atoms with E-state index in [9.17, 15) is 4.79 Å². The minimum atomic E-state index is -0.139. The number of likely N-dealkylation sites (N-methyl/N-ethyl adjacent to an activating group) is 1. The van der Waals surface area contributed by atoms with Gasteiger partial charge in [0, 0.05) is 37.9 Å². The average Bonchev–Trinajstić information content (AvgIpc) is 2.95. The molecule has 1 fully saturated rings. The Morgan fingerprint density at radius 1 is 1.21 bits per heavy atom. The molecule has 1 aromatic carbocycles. The molecule has 0 saturated carbocycles. The van der Waals surface area contributed by atoms with E-state index in [-0.39, 0.29) is 24.8 Å². The topological polar surface area (TPSA) is 102 Å². The first-order valence-electron chi connectivity index (χ1n) is 13.2. The summed E-state index contributed by atoms with van der Waals surface area (Å²) < 4.78 is 16.7. The Morgan fingerprint density at radius 3 is 2.79 bits per heavy atom. The lowest BCUT2D eigenvalue weighted by atomic mass is 10.1. The Hall–Kier alpha value is -3.34. The van der Waals surface area contributed by atoms with Crippen molar-refractivity contribution in [3.63, 3.8) is 0 Å². The van der Waals surface area contributed by atoms with Crippen molar-refractivity contribution >= 4 is 28.7 Å². The van der Waals surface area contributed by atoms with E-state index < -0.39 is 0 Å². The maximum atomic E-state index is 12.2. The molecule has 204 valence electrons. The number of aromatic nitrogens is 3. The summed E-state index contributed by atoms with van der Waals surface area (Å²) in [7, 11) is 1.62. The second kappa shape index (κ2) is 12.9. The summed E-state index contributed by atoms with van der Waals surface area (Å²) in [5.74, 6) is 1.31. The zero-order chi connectivity index (χ0) is 27.1. The lowest BCUT2D eigenvalue weighted by molar-refractivity contribution is -0.0525. The SMILES string of the molecule is CCOCOC[C@H](C)N(CC)c1nc(N2CCOC[C@@H]2C)c2ccc(-c3cccc(C(=O)NC)c3)nc2n1. The number of nitrogens with one attached hydrogen (secondary N) is 1. The first-order valence-corrected chi connectivity index (χ1v) is 13.2. The van der Waals surface area contributed by atoms with Gasteiger partial charge in [-0.15, -0.1) is 0 Å². The van der Waals surface area contributed by atoms with E-state index in [1.807, 2.05) is 37.3 Å². The van der Waals surface area contributed by atoms with E-state index in [1.165, 1.54) is 0 Å². The summed E-state index contributed by atoms with van der Waals surface area (Å²) in [6.07, 6.45) is 0. The molecule has 0 spiro atoms. The Labute approximate surface area is 224 Å². The third kappa shape index (κ3) is 6.20. The van der Waals surface area contributed by atoms with Crippen LogP contribution in [0, 0.1) is 0 Å². The first-order chi connectivity index (χ1) is 18.5. The van der Waals surface area contributed by atoms with Crippen LogP contribution in [0.4, 0.5) is 11.8 Å². The van der Waals surface area contributed by atoms with E-state index in [4.69, 9.17) is 29.2 Å². The highest BCUT2D eigenvalue weighted by Gasteiger charge is 2.26. The molecule has 1 amide bonds. The molecule has 0 radical (unpaired) electrons. The van der Waals surface area contributed by atoms with Crippen molar-refractivity contribution in [2.75, 3.05) is 63.2 Å². The Balaban J connectivity index is 1.77. The van der Waals surface area contributed by atoms with Crippen LogP contribution in [0.1, 0.15) is 38.1 Å². The van der Waals surface area contributed by atoms with Crippen molar-refractivity contribution < 1.29 is 19.0 Å². The zero-order valence-electron chi connectivity index (χ0n) is 22.9. The van der Waals surface area contributed by atoms with Crippen LogP contribution in [-0.2, 0) is 14.2 Å². The lowest BCUT2D eigenvalue weighted by Gasteiger charge is -2.36. The highest BCUT2D eigenvalue weighted by molar-refractivity contribution is 5.95. The number of carbonyl (C=O) groups is 1. The van der Waals surface area contributed by atoms with Crippen molar-refractivity contribution in [3.05, 3.63) is 42.0 Å². The average molecular weight is 523 g/mol. The molecule has 1 N–H and O–H groups in total. The van der Waals surface area contributed by atoms with Gasteiger partial charge >= 0.3 is 0 Å². The number of hydrogen-bond donors (Lipinski definition) is 1. The van der Waals surface area contributed by atoms with Crippen molar-refractivity contribution in [2.45, 2.75) is 39.8 Å².